The van der Waals surface area contributed by atoms with E-state index in [1.165, 1.54) is 7.05 Å². The molecular formula is C46H56N8O4. The molecule has 2 aromatic heterocycles. The third kappa shape index (κ3) is 8.72. The number of hydrogen-bond acceptors (Lipinski definition) is 7. The van der Waals surface area contributed by atoms with Crippen LogP contribution in [0.1, 0.15) is 95.1 Å². The third-order valence-electron chi connectivity index (χ3n) is 11.8. The Morgan fingerprint density at radius 2 is 1.26 bits per heavy atom. The van der Waals surface area contributed by atoms with Gasteiger partial charge in [-0.3, -0.25) is 14.5 Å². The van der Waals surface area contributed by atoms with Gasteiger partial charge in [-0.25, -0.2) is 14.8 Å². The number of likely N-dealkylation sites (N-methyl/N-ethyl adjacent to an activating group) is 1. The van der Waals surface area contributed by atoms with Gasteiger partial charge < -0.3 is 29.8 Å². The summed E-state index contributed by atoms with van der Waals surface area (Å²) in [5.74, 6) is 1.69. The second-order valence-electron chi connectivity index (χ2n) is 15.6. The maximum absolute atomic E-state index is 14.2. The van der Waals surface area contributed by atoms with Crippen molar-refractivity contribution in [3.8, 4) is 33.6 Å². The van der Waals surface area contributed by atoms with Crippen molar-refractivity contribution in [3.63, 3.8) is 0 Å². The Morgan fingerprint density at radius 3 is 1.76 bits per heavy atom. The average Bonchev–Trinajstić information content (AvgIpc) is 4.10. The Morgan fingerprint density at radius 1 is 0.759 bits per heavy atom. The van der Waals surface area contributed by atoms with Crippen molar-refractivity contribution >= 4 is 17.9 Å². The molecule has 2 aliphatic rings. The summed E-state index contributed by atoms with van der Waals surface area (Å²) in [7, 11) is 1.51. The molecule has 0 radical (unpaired) electrons. The van der Waals surface area contributed by atoms with Gasteiger partial charge in [-0.05, 0) is 72.5 Å². The van der Waals surface area contributed by atoms with Gasteiger partial charge in [0.05, 0.1) is 42.3 Å². The van der Waals surface area contributed by atoms with Crippen molar-refractivity contribution in [2.45, 2.75) is 84.0 Å². The molecule has 2 fully saturated rings. The van der Waals surface area contributed by atoms with E-state index >= 15 is 0 Å². The van der Waals surface area contributed by atoms with Gasteiger partial charge in [-0.15, -0.1) is 0 Å². The lowest BCUT2D eigenvalue weighted by molar-refractivity contribution is -0.138. The number of amides is 3. The summed E-state index contributed by atoms with van der Waals surface area (Å²) in [4.78, 5) is 62.2. The number of aromatic nitrogens is 4. The van der Waals surface area contributed by atoms with Crippen LogP contribution in [0.15, 0.2) is 91.3 Å². The molecule has 0 saturated carbocycles. The Bertz CT molecular complexity index is 2140. The highest BCUT2D eigenvalue weighted by Gasteiger charge is 2.38. The highest BCUT2D eigenvalue weighted by Crippen LogP contribution is 2.37. The van der Waals surface area contributed by atoms with E-state index in [4.69, 9.17) is 14.7 Å². The van der Waals surface area contributed by atoms with Crippen LogP contribution in [0.4, 0.5) is 4.79 Å². The normalized spacial score (nSPS) is 17.8. The second-order valence-corrected chi connectivity index (χ2v) is 15.6. The van der Waals surface area contributed by atoms with Crippen LogP contribution in [0.25, 0.3) is 33.6 Å². The lowest BCUT2D eigenvalue weighted by atomic mass is 10.0. The molecule has 304 valence electrons. The Hall–Kier alpha value is -5.75. The van der Waals surface area contributed by atoms with Crippen LogP contribution in [0.2, 0.25) is 0 Å². The fourth-order valence-corrected chi connectivity index (χ4v) is 8.44. The number of aromatic amines is 2. The van der Waals surface area contributed by atoms with Gasteiger partial charge in [0.25, 0.3) is 0 Å². The number of ether oxygens (including phenoxy) is 1. The van der Waals surface area contributed by atoms with Crippen molar-refractivity contribution in [1.29, 1.82) is 0 Å². The lowest BCUT2D eigenvalue weighted by Gasteiger charge is -2.34. The minimum Gasteiger partial charge on any atom is -0.445 e. The average molecular weight is 785 g/mol. The fourth-order valence-electron chi connectivity index (χ4n) is 8.44. The van der Waals surface area contributed by atoms with Crippen LogP contribution in [0, 0.1) is 5.92 Å². The molecule has 5 aromatic rings. The highest BCUT2D eigenvalue weighted by molar-refractivity contribution is 5.84. The molecule has 3 amide bonds. The number of carbonyl (C=O) groups excluding carboxylic acids is 3. The van der Waals surface area contributed by atoms with Crippen molar-refractivity contribution < 1.29 is 19.1 Å². The van der Waals surface area contributed by atoms with Gasteiger partial charge >= 0.3 is 6.09 Å². The van der Waals surface area contributed by atoms with E-state index in [9.17, 15) is 14.4 Å². The number of nitrogens with one attached hydrogen (secondary N) is 3. The molecule has 58 heavy (non-hydrogen) atoms. The molecule has 4 heterocycles. The van der Waals surface area contributed by atoms with Crippen LogP contribution >= 0.6 is 0 Å². The zero-order chi connectivity index (χ0) is 40.8. The minimum atomic E-state index is -0.530. The number of imidazole rings is 2. The monoisotopic (exact) mass is 784 g/mol. The van der Waals surface area contributed by atoms with Gasteiger partial charge in [0, 0.05) is 20.1 Å². The zero-order valence-electron chi connectivity index (χ0n) is 34.3. The standard InChI is InChI=1S/C46H56N8O4/c1-6-52(7-2)42(35-13-9-8-10-14-35)45(56)54-26-12-16-39(54)44-49-29-37(51-44)34-23-19-32(20-24-34)31-17-21-33(22-18-31)36-28-48-43(50-36)38-15-11-25-53(38)41(55)27-40(30(3)4)58-46(57)47-5/h8-10,13-14,17-24,28-30,38-40,42H,6-7,11-12,15-16,25-27H2,1-5H3,(H,47,57)(H,48,50)(H,49,51)/t38-,39-,40+,42+/m0/s1. The molecule has 3 N–H and O–H groups in total. The van der Waals surface area contributed by atoms with E-state index in [-0.39, 0.29) is 42.3 Å². The van der Waals surface area contributed by atoms with Crippen molar-refractivity contribution in [3.05, 3.63) is 108 Å². The van der Waals surface area contributed by atoms with Crippen molar-refractivity contribution in [2.75, 3.05) is 33.2 Å². The van der Waals surface area contributed by atoms with Gasteiger partial charge in [0.2, 0.25) is 11.8 Å². The van der Waals surface area contributed by atoms with E-state index in [1.54, 1.807) is 0 Å². The molecule has 0 aliphatic carbocycles. The quantitative estimate of drug-likeness (QED) is 0.103. The number of carbonyl (C=O) groups is 3. The predicted octanol–water partition coefficient (Wildman–Crippen LogP) is 8.31. The molecule has 0 bridgehead atoms. The summed E-state index contributed by atoms with van der Waals surface area (Å²) in [5.41, 5.74) is 7.06. The molecule has 12 heteroatoms. The van der Waals surface area contributed by atoms with Crippen LogP contribution < -0.4 is 5.32 Å². The number of benzene rings is 3. The number of rotatable bonds is 14. The molecule has 0 spiro atoms. The van der Waals surface area contributed by atoms with Gasteiger partial charge in [-0.1, -0.05) is 107 Å². The minimum absolute atomic E-state index is 0.00696. The summed E-state index contributed by atoms with van der Waals surface area (Å²) in [5, 5.41) is 2.48. The zero-order valence-corrected chi connectivity index (χ0v) is 34.3. The topological polar surface area (TPSA) is 140 Å². The van der Waals surface area contributed by atoms with Crippen molar-refractivity contribution in [2.24, 2.45) is 5.92 Å². The molecule has 4 atom stereocenters. The summed E-state index contributed by atoms with van der Waals surface area (Å²) in [6, 6.07) is 26.4. The van der Waals surface area contributed by atoms with Gasteiger partial charge in [-0.2, -0.15) is 0 Å². The van der Waals surface area contributed by atoms with Gasteiger partial charge in [0.15, 0.2) is 0 Å². The Kier molecular flexibility index (Phi) is 12.7. The van der Waals surface area contributed by atoms with E-state index in [1.807, 2.05) is 54.2 Å². The van der Waals surface area contributed by atoms with Crippen LogP contribution in [0.5, 0.6) is 0 Å². The number of hydrogen-bond donors (Lipinski definition) is 3. The largest absolute Gasteiger partial charge is 0.445 e. The van der Waals surface area contributed by atoms with Gasteiger partial charge in [0.1, 0.15) is 23.8 Å². The SMILES string of the molecule is CCN(CC)[C@@H](C(=O)N1CCC[C@H]1c1ncc(-c2ccc(-c3ccc(-c4cnc([C@@H]5CCCN5C(=O)C[C@@H](OC(=O)NC)C(C)C)[nH]4)cc3)cc2)[nH]1)c1ccccc1. The maximum atomic E-state index is 14.2. The smallest absolute Gasteiger partial charge is 0.407 e. The first-order chi connectivity index (χ1) is 28.2. The fraction of sp³-hybridized carbons (Fsp3) is 0.413. The number of nitrogens with zero attached hydrogens (tertiary/aromatic N) is 5. The third-order valence-corrected chi connectivity index (χ3v) is 11.8. The molecule has 12 nitrogen and oxygen atoms in total. The summed E-state index contributed by atoms with van der Waals surface area (Å²) in [6.07, 6.45) is 6.34. The summed E-state index contributed by atoms with van der Waals surface area (Å²) < 4.78 is 5.48. The second kappa shape index (κ2) is 18.2. The first-order valence-electron chi connectivity index (χ1n) is 20.8. The number of likely N-dealkylation sites (tertiary alicyclic amines) is 2. The summed E-state index contributed by atoms with van der Waals surface area (Å²) in [6.45, 7) is 11.1. The van der Waals surface area contributed by atoms with E-state index in [2.05, 4.69) is 94.7 Å². The molecule has 0 unspecified atom stereocenters. The molecule has 2 aliphatic heterocycles. The van der Waals surface area contributed by atoms with E-state index in [0.717, 1.165) is 96.2 Å². The van der Waals surface area contributed by atoms with E-state index < -0.39 is 12.2 Å². The number of alkyl carbamates (subject to hydrolysis) is 1. The highest BCUT2D eigenvalue weighted by atomic mass is 16.6. The molecular weight excluding hydrogens is 729 g/mol. The van der Waals surface area contributed by atoms with Crippen LogP contribution in [-0.4, -0.2) is 91.9 Å². The molecule has 3 aromatic carbocycles. The predicted molar refractivity (Wildman–Crippen MR) is 225 cm³/mol. The first kappa shape index (κ1) is 40.4. The van der Waals surface area contributed by atoms with Crippen molar-refractivity contribution in [1.82, 2.24) is 40.0 Å². The Balaban J connectivity index is 0.997. The molecule has 2 saturated heterocycles. The molecule has 7 rings (SSSR count). The maximum Gasteiger partial charge on any atom is 0.407 e. The Labute approximate surface area is 341 Å². The first-order valence-corrected chi connectivity index (χ1v) is 20.8. The summed E-state index contributed by atoms with van der Waals surface area (Å²) >= 11 is 0. The number of H-pyrrole nitrogens is 2. The lowest BCUT2D eigenvalue weighted by Crippen LogP contribution is -2.43. The van der Waals surface area contributed by atoms with Crippen LogP contribution in [0.3, 0.4) is 0 Å². The van der Waals surface area contributed by atoms with E-state index in [0.29, 0.717) is 6.54 Å². The van der Waals surface area contributed by atoms with Crippen LogP contribution in [-0.2, 0) is 14.3 Å².